The van der Waals surface area contributed by atoms with Crippen LogP contribution in [0.4, 0.5) is 0 Å². The summed E-state index contributed by atoms with van der Waals surface area (Å²) in [5.74, 6) is 1.60. The van der Waals surface area contributed by atoms with Crippen LogP contribution < -0.4 is 13.9 Å². The first kappa shape index (κ1) is 17.0. The quantitative estimate of drug-likeness (QED) is 0.577. The molecule has 1 aromatic rings. The van der Waals surface area contributed by atoms with Crippen LogP contribution in [-0.4, -0.2) is 21.9 Å². The lowest BCUT2D eigenvalue weighted by Gasteiger charge is -2.37. The number of carbonyl (C=O) groups excluding carboxylic acids is 1. The number of hydrogen-bond donors (Lipinski definition) is 0. The Morgan fingerprint density at radius 1 is 1.25 bits per heavy atom. The fraction of sp³-hybridized carbons (Fsp3) is 0.500. The van der Waals surface area contributed by atoms with E-state index in [0.717, 1.165) is 0 Å². The SMILES string of the molecule is COc1cc(OC=O)cc(Br)c1O[Si](C)(C)C(C)(C)C. The van der Waals surface area contributed by atoms with Crippen molar-refractivity contribution >= 4 is 30.7 Å². The van der Waals surface area contributed by atoms with Crippen LogP contribution in [0.2, 0.25) is 18.1 Å². The minimum absolute atomic E-state index is 0.0788. The van der Waals surface area contributed by atoms with E-state index in [-0.39, 0.29) is 5.04 Å². The fourth-order valence-electron chi connectivity index (χ4n) is 1.33. The second-order valence-electron chi connectivity index (χ2n) is 6.01. The Morgan fingerprint density at radius 2 is 1.85 bits per heavy atom. The van der Waals surface area contributed by atoms with Gasteiger partial charge in [-0.1, -0.05) is 20.8 Å². The molecular formula is C14H21BrO4Si. The lowest BCUT2D eigenvalue weighted by molar-refractivity contribution is -0.120. The van der Waals surface area contributed by atoms with E-state index in [0.29, 0.717) is 28.2 Å². The lowest BCUT2D eigenvalue weighted by Crippen LogP contribution is -2.44. The summed E-state index contributed by atoms with van der Waals surface area (Å²) in [7, 11) is -0.421. The molecule has 0 heterocycles. The summed E-state index contributed by atoms with van der Waals surface area (Å²) >= 11 is 3.45. The summed E-state index contributed by atoms with van der Waals surface area (Å²) in [6, 6.07) is 3.33. The van der Waals surface area contributed by atoms with Gasteiger partial charge in [-0.15, -0.1) is 0 Å². The second-order valence-corrected chi connectivity index (χ2v) is 11.6. The predicted octanol–water partition coefficient (Wildman–Crippen LogP) is 4.38. The van der Waals surface area contributed by atoms with Crippen molar-refractivity contribution in [3.63, 3.8) is 0 Å². The second kappa shape index (κ2) is 6.18. The summed E-state index contributed by atoms with van der Waals surface area (Å²) < 4.78 is 17.2. The first-order valence-electron chi connectivity index (χ1n) is 6.29. The smallest absolute Gasteiger partial charge is 0.298 e. The molecule has 1 aromatic carbocycles. The molecule has 112 valence electrons. The van der Waals surface area contributed by atoms with Gasteiger partial charge < -0.3 is 13.9 Å². The Hall–Kier alpha value is -1.01. The predicted molar refractivity (Wildman–Crippen MR) is 85.2 cm³/mol. The van der Waals surface area contributed by atoms with E-state index in [1.54, 1.807) is 19.2 Å². The normalized spacial score (nSPS) is 11.9. The number of rotatable bonds is 5. The first-order chi connectivity index (χ1) is 9.12. The van der Waals surface area contributed by atoms with Crippen molar-refractivity contribution in [1.82, 2.24) is 0 Å². The average Bonchev–Trinajstić information content (AvgIpc) is 2.31. The molecule has 6 heteroatoms. The lowest BCUT2D eigenvalue weighted by atomic mass is 10.2. The third-order valence-corrected chi connectivity index (χ3v) is 8.47. The van der Waals surface area contributed by atoms with Gasteiger partial charge in [0.1, 0.15) is 5.75 Å². The molecule has 0 aliphatic rings. The molecule has 0 saturated carbocycles. The van der Waals surface area contributed by atoms with Crippen molar-refractivity contribution in [3.8, 4) is 17.2 Å². The van der Waals surface area contributed by atoms with E-state index >= 15 is 0 Å². The molecule has 0 N–H and O–H groups in total. The van der Waals surface area contributed by atoms with Crippen molar-refractivity contribution in [3.05, 3.63) is 16.6 Å². The van der Waals surface area contributed by atoms with Crippen molar-refractivity contribution < 1.29 is 18.7 Å². The van der Waals surface area contributed by atoms with Gasteiger partial charge in [0, 0.05) is 6.07 Å². The maximum absolute atomic E-state index is 10.4. The van der Waals surface area contributed by atoms with E-state index in [4.69, 9.17) is 13.9 Å². The molecule has 0 atom stereocenters. The summed E-state index contributed by atoms with van der Waals surface area (Å²) in [5.41, 5.74) is 0. The highest BCUT2D eigenvalue weighted by molar-refractivity contribution is 9.10. The zero-order valence-corrected chi connectivity index (χ0v) is 15.3. The number of halogens is 1. The van der Waals surface area contributed by atoms with E-state index in [1.165, 1.54) is 0 Å². The Kier molecular flexibility index (Phi) is 5.26. The maximum atomic E-state index is 10.4. The molecular weight excluding hydrogens is 340 g/mol. The number of hydrogen-bond acceptors (Lipinski definition) is 4. The van der Waals surface area contributed by atoms with E-state index in [1.807, 2.05) is 0 Å². The van der Waals surface area contributed by atoms with Crippen LogP contribution in [-0.2, 0) is 4.79 Å². The Labute approximate surface area is 129 Å². The van der Waals surface area contributed by atoms with E-state index in [9.17, 15) is 4.79 Å². The monoisotopic (exact) mass is 360 g/mol. The van der Waals surface area contributed by atoms with Gasteiger partial charge in [-0.2, -0.15) is 0 Å². The molecule has 0 bridgehead atoms. The molecule has 0 unspecified atom stereocenters. The third kappa shape index (κ3) is 3.76. The zero-order valence-electron chi connectivity index (χ0n) is 12.7. The molecule has 0 spiro atoms. The summed E-state index contributed by atoms with van der Waals surface area (Å²) in [6.07, 6.45) is 0. The van der Waals surface area contributed by atoms with Gasteiger partial charge in [-0.25, -0.2) is 0 Å². The van der Waals surface area contributed by atoms with Crippen LogP contribution in [0, 0.1) is 0 Å². The van der Waals surface area contributed by atoms with Gasteiger partial charge in [0.15, 0.2) is 11.5 Å². The Morgan fingerprint density at radius 3 is 2.30 bits per heavy atom. The van der Waals surface area contributed by atoms with Crippen LogP contribution in [0.3, 0.4) is 0 Å². The minimum atomic E-state index is -1.98. The van der Waals surface area contributed by atoms with Gasteiger partial charge in [0.25, 0.3) is 14.8 Å². The van der Waals surface area contributed by atoms with Crippen LogP contribution in [0.15, 0.2) is 16.6 Å². The summed E-state index contributed by atoms with van der Waals surface area (Å²) in [4.78, 5) is 10.4. The maximum Gasteiger partial charge on any atom is 0.298 e. The van der Waals surface area contributed by atoms with Gasteiger partial charge in [0.2, 0.25) is 0 Å². The number of carbonyl (C=O) groups is 1. The molecule has 1 rings (SSSR count). The molecule has 0 aliphatic heterocycles. The van der Waals surface area contributed by atoms with Gasteiger partial charge in [-0.3, -0.25) is 4.79 Å². The highest BCUT2D eigenvalue weighted by Gasteiger charge is 2.40. The van der Waals surface area contributed by atoms with Crippen LogP contribution in [0.25, 0.3) is 0 Å². The summed E-state index contributed by atoms with van der Waals surface area (Å²) in [5, 5.41) is 0.0788. The molecule has 0 aromatic heterocycles. The van der Waals surface area contributed by atoms with Crippen molar-refractivity contribution in [2.75, 3.05) is 7.11 Å². The standard InChI is InChI=1S/C14H21BrO4Si/c1-14(2,3)20(5,6)19-13-11(15)7-10(18-9-16)8-12(13)17-4/h7-9H,1-6H3. The number of methoxy groups -OCH3 is 1. The van der Waals surface area contributed by atoms with Gasteiger partial charge in [-0.05, 0) is 40.1 Å². The zero-order chi connectivity index (χ0) is 15.6. The van der Waals surface area contributed by atoms with Gasteiger partial charge >= 0.3 is 0 Å². The molecule has 4 nitrogen and oxygen atoms in total. The van der Waals surface area contributed by atoms with E-state index < -0.39 is 8.32 Å². The fourth-order valence-corrected chi connectivity index (χ4v) is 3.01. The molecule has 0 saturated heterocycles. The molecule has 0 radical (unpaired) electrons. The van der Waals surface area contributed by atoms with Gasteiger partial charge in [0.05, 0.1) is 11.6 Å². The topological polar surface area (TPSA) is 44.8 Å². The molecule has 0 amide bonds. The Bertz CT molecular complexity index is 495. The van der Waals surface area contributed by atoms with Crippen LogP contribution in [0.1, 0.15) is 20.8 Å². The van der Waals surface area contributed by atoms with Crippen LogP contribution in [0.5, 0.6) is 17.2 Å². The largest absolute Gasteiger partial charge is 0.540 e. The highest BCUT2D eigenvalue weighted by Crippen LogP contribution is 2.44. The van der Waals surface area contributed by atoms with Crippen molar-refractivity contribution in [2.24, 2.45) is 0 Å². The third-order valence-electron chi connectivity index (χ3n) is 3.55. The van der Waals surface area contributed by atoms with Crippen molar-refractivity contribution in [1.29, 1.82) is 0 Å². The van der Waals surface area contributed by atoms with Crippen LogP contribution >= 0.6 is 15.9 Å². The first-order valence-corrected chi connectivity index (χ1v) is 9.99. The molecule has 0 fully saturated rings. The van der Waals surface area contributed by atoms with E-state index in [2.05, 4.69) is 49.8 Å². The minimum Gasteiger partial charge on any atom is -0.540 e. The molecule has 0 aliphatic carbocycles. The summed E-state index contributed by atoms with van der Waals surface area (Å²) in [6.45, 7) is 11.2. The number of ether oxygens (including phenoxy) is 2. The average molecular weight is 361 g/mol. The highest BCUT2D eigenvalue weighted by atomic mass is 79.9. The Balaban J connectivity index is 3.22. The number of benzene rings is 1. The molecule has 20 heavy (non-hydrogen) atoms. The van der Waals surface area contributed by atoms with Crippen molar-refractivity contribution in [2.45, 2.75) is 38.9 Å².